The fourth-order valence-electron chi connectivity index (χ4n) is 4.12. The Kier molecular flexibility index (Phi) is 5.72. The summed E-state index contributed by atoms with van der Waals surface area (Å²) < 4.78 is 0. The van der Waals surface area contributed by atoms with E-state index in [1.807, 2.05) is 73.7 Å². The van der Waals surface area contributed by atoms with Gasteiger partial charge in [0.05, 0.1) is 18.0 Å². The van der Waals surface area contributed by atoms with Gasteiger partial charge in [-0.15, -0.1) is 0 Å². The standard InChI is InChI=1S/C25H24N2OS/c1-2-21(18-12-6-3-7-13-18)24(28)27-23(20-16-10-5-11-17-20)22(26-25(27)29)19-14-8-4-9-15-19/h3-17,21-23H,2H2,1H3,(H,26,29)/t21-,22+,23+/m0/s1. The molecule has 1 aliphatic heterocycles. The highest BCUT2D eigenvalue weighted by molar-refractivity contribution is 7.80. The number of hydrogen-bond acceptors (Lipinski definition) is 2. The van der Waals surface area contributed by atoms with Crippen LogP contribution in [0.1, 0.15) is 48.0 Å². The van der Waals surface area contributed by atoms with Crippen LogP contribution >= 0.6 is 12.2 Å². The van der Waals surface area contributed by atoms with Crippen molar-refractivity contribution in [1.29, 1.82) is 0 Å². The van der Waals surface area contributed by atoms with Crippen LogP contribution in [0.15, 0.2) is 91.0 Å². The molecule has 1 aliphatic rings. The van der Waals surface area contributed by atoms with E-state index in [-0.39, 0.29) is 23.9 Å². The van der Waals surface area contributed by atoms with Crippen molar-refractivity contribution in [3.63, 3.8) is 0 Å². The fourth-order valence-corrected chi connectivity index (χ4v) is 4.45. The second kappa shape index (κ2) is 8.58. The Balaban J connectivity index is 1.76. The maximum atomic E-state index is 13.7. The topological polar surface area (TPSA) is 32.3 Å². The summed E-state index contributed by atoms with van der Waals surface area (Å²) in [6.45, 7) is 2.05. The second-order valence-electron chi connectivity index (χ2n) is 7.27. The van der Waals surface area contributed by atoms with E-state index in [1.165, 1.54) is 0 Å². The van der Waals surface area contributed by atoms with Crippen LogP contribution in [0.25, 0.3) is 0 Å². The molecule has 3 atom stereocenters. The molecule has 1 fully saturated rings. The molecule has 3 aromatic rings. The first-order chi connectivity index (χ1) is 14.2. The normalized spacial score (nSPS) is 19.6. The monoisotopic (exact) mass is 400 g/mol. The first kappa shape index (κ1) is 19.3. The molecule has 4 rings (SSSR count). The Morgan fingerprint density at radius 3 is 1.97 bits per heavy atom. The molecule has 4 heteroatoms. The van der Waals surface area contributed by atoms with Gasteiger partial charge in [-0.05, 0) is 35.3 Å². The average Bonchev–Trinajstić information content (AvgIpc) is 3.13. The molecule has 1 amide bonds. The third kappa shape index (κ3) is 3.81. The van der Waals surface area contributed by atoms with E-state index in [0.717, 1.165) is 23.1 Å². The quantitative estimate of drug-likeness (QED) is 0.584. The molecule has 3 nitrogen and oxygen atoms in total. The Hall–Kier alpha value is -2.98. The van der Waals surface area contributed by atoms with Gasteiger partial charge in [-0.25, -0.2) is 0 Å². The molecule has 0 saturated carbocycles. The number of carbonyl (C=O) groups is 1. The van der Waals surface area contributed by atoms with E-state index in [4.69, 9.17) is 12.2 Å². The first-order valence-corrected chi connectivity index (χ1v) is 10.4. The van der Waals surface area contributed by atoms with Gasteiger partial charge < -0.3 is 5.32 Å². The predicted molar refractivity (Wildman–Crippen MR) is 120 cm³/mol. The van der Waals surface area contributed by atoms with Gasteiger partial charge in [0.15, 0.2) is 5.11 Å². The molecule has 1 saturated heterocycles. The predicted octanol–water partition coefficient (Wildman–Crippen LogP) is 5.38. The summed E-state index contributed by atoms with van der Waals surface area (Å²) >= 11 is 5.68. The van der Waals surface area contributed by atoms with Crippen molar-refractivity contribution < 1.29 is 4.79 Å². The van der Waals surface area contributed by atoms with Gasteiger partial charge in [-0.2, -0.15) is 0 Å². The lowest BCUT2D eigenvalue weighted by atomic mass is 9.91. The van der Waals surface area contributed by atoms with Gasteiger partial charge in [0.25, 0.3) is 0 Å². The maximum Gasteiger partial charge on any atom is 0.236 e. The molecule has 0 spiro atoms. The molecule has 0 aliphatic carbocycles. The minimum Gasteiger partial charge on any atom is -0.353 e. The van der Waals surface area contributed by atoms with E-state index in [0.29, 0.717) is 5.11 Å². The van der Waals surface area contributed by atoms with Crippen LogP contribution in [0, 0.1) is 0 Å². The van der Waals surface area contributed by atoms with Gasteiger partial charge in [-0.1, -0.05) is 97.9 Å². The number of nitrogens with zero attached hydrogens (tertiary/aromatic N) is 1. The van der Waals surface area contributed by atoms with Crippen molar-refractivity contribution in [3.05, 3.63) is 108 Å². The minimum atomic E-state index is -0.225. The van der Waals surface area contributed by atoms with Crippen molar-refractivity contribution >= 4 is 23.2 Å². The van der Waals surface area contributed by atoms with Crippen LogP contribution in [0.2, 0.25) is 0 Å². The van der Waals surface area contributed by atoms with E-state index < -0.39 is 0 Å². The number of benzene rings is 3. The Labute approximate surface area is 177 Å². The molecule has 1 heterocycles. The van der Waals surface area contributed by atoms with Crippen LogP contribution < -0.4 is 5.32 Å². The summed E-state index contributed by atoms with van der Waals surface area (Å²) in [6, 6.07) is 30.1. The van der Waals surface area contributed by atoms with Crippen molar-refractivity contribution in [3.8, 4) is 0 Å². The van der Waals surface area contributed by atoms with Crippen LogP contribution in [0.5, 0.6) is 0 Å². The van der Waals surface area contributed by atoms with Gasteiger partial charge >= 0.3 is 0 Å². The summed E-state index contributed by atoms with van der Waals surface area (Å²) in [7, 11) is 0. The Bertz CT molecular complexity index is 975. The zero-order valence-electron chi connectivity index (χ0n) is 16.4. The lowest BCUT2D eigenvalue weighted by Crippen LogP contribution is -2.39. The highest BCUT2D eigenvalue weighted by atomic mass is 32.1. The molecular formula is C25H24N2OS. The van der Waals surface area contributed by atoms with E-state index in [1.54, 1.807) is 4.90 Å². The van der Waals surface area contributed by atoms with E-state index >= 15 is 0 Å². The van der Waals surface area contributed by atoms with Gasteiger partial charge in [0.2, 0.25) is 5.91 Å². The van der Waals surface area contributed by atoms with E-state index in [9.17, 15) is 4.79 Å². The SMILES string of the molecule is CC[C@H](C(=O)N1C(=S)N[C@H](c2ccccc2)[C@H]1c1ccccc1)c1ccccc1. The highest BCUT2D eigenvalue weighted by Gasteiger charge is 2.44. The smallest absolute Gasteiger partial charge is 0.236 e. The first-order valence-electron chi connectivity index (χ1n) is 9.99. The lowest BCUT2D eigenvalue weighted by Gasteiger charge is -2.29. The van der Waals surface area contributed by atoms with Crippen molar-refractivity contribution in [2.75, 3.05) is 0 Å². The summed E-state index contributed by atoms with van der Waals surface area (Å²) in [5, 5.41) is 3.91. The highest BCUT2D eigenvalue weighted by Crippen LogP contribution is 2.41. The number of hydrogen-bond donors (Lipinski definition) is 1. The molecule has 0 unspecified atom stereocenters. The number of thiocarbonyl (C=S) groups is 1. The molecule has 146 valence electrons. The third-order valence-electron chi connectivity index (χ3n) is 5.54. The second-order valence-corrected chi connectivity index (χ2v) is 7.66. The maximum absolute atomic E-state index is 13.7. The summed E-state index contributed by atoms with van der Waals surface area (Å²) in [5.74, 6) is -0.180. The number of amides is 1. The van der Waals surface area contributed by atoms with Crippen molar-refractivity contribution in [2.24, 2.45) is 0 Å². The van der Waals surface area contributed by atoms with Gasteiger partial charge in [0, 0.05) is 0 Å². The number of rotatable bonds is 5. The van der Waals surface area contributed by atoms with Crippen molar-refractivity contribution in [1.82, 2.24) is 10.2 Å². The molecule has 0 bridgehead atoms. The third-order valence-corrected chi connectivity index (χ3v) is 5.85. The fraction of sp³-hybridized carbons (Fsp3) is 0.200. The molecule has 3 aromatic carbocycles. The number of carbonyl (C=O) groups excluding carboxylic acids is 1. The zero-order valence-corrected chi connectivity index (χ0v) is 17.2. The Morgan fingerprint density at radius 1 is 0.897 bits per heavy atom. The molecule has 1 N–H and O–H groups in total. The average molecular weight is 401 g/mol. The van der Waals surface area contributed by atoms with Gasteiger partial charge in [-0.3, -0.25) is 9.69 Å². The molecule has 0 radical (unpaired) electrons. The lowest BCUT2D eigenvalue weighted by molar-refractivity contribution is -0.130. The van der Waals surface area contributed by atoms with Crippen LogP contribution in [0.3, 0.4) is 0 Å². The largest absolute Gasteiger partial charge is 0.353 e. The summed E-state index contributed by atoms with van der Waals surface area (Å²) in [6.07, 6.45) is 0.722. The van der Waals surface area contributed by atoms with E-state index in [2.05, 4.69) is 29.6 Å². The minimum absolute atomic E-state index is 0.0449. The summed E-state index contributed by atoms with van der Waals surface area (Å²) in [4.78, 5) is 15.5. The van der Waals surface area contributed by atoms with Crippen molar-refractivity contribution in [2.45, 2.75) is 31.3 Å². The Morgan fingerprint density at radius 2 is 1.41 bits per heavy atom. The molecule has 29 heavy (non-hydrogen) atoms. The number of nitrogens with one attached hydrogen (secondary N) is 1. The molecular weight excluding hydrogens is 376 g/mol. The summed E-state index contributed by atoms with van der Waals surface area (Å²) in [5.41, 5.74) is 3.22. The van der Waals surface area contributed by atoms with Gasteiger partial charge in [0.1, 0.15) is 0 Å². The van der Waals surface area contributed by atoms with Crippen LogP contribution in [-0.4, -0.2) is 15.9 Å². The van der Waals surface area contributed by atoms with Crippen LogP contribution in [-0.2, 0) is 4.79 Å². The van der Waals surface area contributed by atoms with Crippen LogP contribution in [0.4, 0.5) is 0 Å². The molecule has 0 aromatic heterocycles. The zero-order chi connectivity index (χ0) is 20.2.